The van der Waals surface area contributed by atoms with E-state index in [0.29, 0.717) is 6.61 Å². The Morgan fingerprint density at radius 1 is 1.28 bits per heavy atom. The maximum Gasteiger partial charge on any atom is 0.119 e. The van der Waals surface area contributed by atoms with E-state index in [0.717, 1.165) is 29.0 Å². The highest BCUT2D eigenvalue weighted by Gasteiger charge is 1.96. The van der Waals surface area contributed by atoms with Crippen LogP contribution in [-0.2, 0) is 13.6 Å². The zero-order chi connectivity index (χ0) is 12.8. The molecule has 0 aliphatic carbocycles. The van der Waals surface area contributed by atoms with Gasteiger partial charge in [0.2, 0.25) is 0 Å². The molecule has 5 heteroatoms. The van der Waals surface area contributed by atoms with E-state index in [4.69, 9.17) is 4.74 Å². The van der Waals surface area contributed by atoms with Gasteiger partial charge in [0.15, 0.2) is 0 Å². The van der Waals surface area contributed by atoms with Gasteiger partial charge < -0.3 is 10.1 Å². The molecule has 0 unspecified atom stereocenters. The Kier molecular flexibility index (Phi) is 4.78. The summed E-state index contributed by atoms with van der Waals surface area (Å²) in [5.74, 6) is 0.887. The highest BCUT2D eigenvalue weighted by atomic mass is 79.9. The van der Waals surface area contributed by atoms with Crippen molar-refractivity contribution in [2.24, 2.45) is 7.05 Å². The molecule has 0 saturated carbocycles. The van der Waals surface area contributed by atoms with Crippen molar-refractivity contribution in [3.8, 4) is 5.75 Å². The summed E-state index contributed by atoms with van der Waals surface area (Å²) in [6, 6.07) is 9.83. The molecule has 0 aliphatic rings. The summed E-state index contributed by atoms with van der Waals surface area (Å²) in [6.07, 6.45) is 1.94. The maximum atomic E-state index is 5.60. The highest BCUT2D eigenvalue weighted by Crippen LogP contribution is 2.15. The Labute approximate surface area is 115 Å². The molecule has 2 rings (SSSR count). The number of hydrogen-bond acceptors (Lipinski definition) is 3. The number of nitrogens with zero attached hydrogens (tertiary/aromatic N) is 2. The van der Waals surface area contributed by atoms with Crippen molar-refractivity contribution in [2.45, 2.75) is 6.54 Å². The molecule has 1 aromatic carbocycles. The normalized spacial score (nSPS) is 10.6. The molecular weight excluding hydrogens is 294 g/mol. The van der Waals surface area contributed by atoms with Crippen LogP contribution < -0.4 is 10.1 Å². The van der Waals surface area contributed by atoms with Crippen molar-refractivity contribution >= 4 is 15.9 Å². The minimum atomic E-state index is 0.647. The number of rotatable bonds is 6. The van der Waals surface area contributed by atoms with Crippen LogP contribution in [0.1, 0.15) is 5.69 Å². The average Bonchev–Trinajstić information content (AvgIpc) is 2.77. The summed E-state index contributed by atoms with van der Waals surface area (Å²) < 4.78 is 8.45. The fraction of sp³-hybridized carbons (Fsp3) is 0.308. The van der Waals surface area contributed by atoms with Crippen molar-refractivity contribution in [1.82, 2.24) is 15.1 Å². The van der Waals surface area contributed by atoms with Crippen LogP contribution in [-0.4, -0.2) is 22.9 Å². The number of ether oxygens (including phenoxy) is 1. The third kappa shape index (κ3) is 4.16. The first-order valence-electron chi connectivity index (χ1n) is 5.81. The topological polar surface area (TPSA) is 39.1 Å². The fourth-order valence-corrected chi connectivity index (χ4v) is 1.81. The van der Waals surface area contributed by atoms with E-state index < -0.39 is 0 Å². The standard InChI is InChI=1S/C13H16BrN3O/c1-17-8-6-12(16-17)10-15-7-9-18-13-4-2-11(14)3-5-13/h2-6,8,15H,7,9-10H2,1H3. The molecule has 96 valence electrons. The van der Waals surface area contributed by atoms with Crippen molar-refractivity contribution in [1.29, 1.82) is 0 Å². The van der Waals surface area contributed by atoms with Gasteiger partial charge in [-0.2, -0.15) is 5.10 Å². The van der Waals surface area contributed by atoms with E-state index in [2.05, 4.69) is 26.3 Å². The lowest BCUT2D eigenvalue weighted by atomic mass is 10.3. The molecule has 0 aliphatic heterocycles. The molecular formula is C13H16BrN3O. The number of aromatic nitrogens is 2. The van der Waals surface area contributed by atoms with E-state index in [1.54, 1.807) is 4.68 Å². The highest BCUT2D eigenvalue weighted by molar-refractivity contribution is 9.10. The molecule has 1 N–H and O–H groups in total. The molecule has 0 atom stereocenters. The van der Waals surface area contributed by atoms with Gasteiger partial charge in [0.05, 0.1) is 5.69 Å². The Bertz CT molecular complexity index is 481. The smallest absolute Gasteiger partial charge is 0.119 e. The van der Waals surface area contributed by atoms with Crippen LogP contribution >= 0.6 is 15.9 Å². The van der Waals surface area contributed by atoms with Crippen molar-refractivity contribution < 1.29 is 4.74 Å². The Morgan fingerprint density at radius 3 is 2.72 bits per heavy atom. The van der Waals surface area contributed by atoms with Gasteiger partial charge >= 0.3 is 0 Å². The first-order valence-corrected chi connectivity index (χ1v) is 6.61. The summed E-state index contributed by atoms with van der Waals surface area (Å²) in [7, 11) is 1.92. The van der Waals surface area contributed by atoms with Gasteiger partial charge in [-0.25, -0.2) is 0 Å². The van der Waals surface area contributed by atoms with Gasteiger partial charge in [-0.3, -0.25) is 4.68 Å². The van der Waals surface area contributed by atoms with Gasteiger partial charge in [-0.1, -0.05) is 15.9 Å². The number of nitrogens with one attached hydrogen (secondary N) is 1. The van der Waals surface area contributed by atoms with Crippen molar-refractivity contribution in [3.63, 3.8) is 0 Å². The molecule has 0 spiro atoms. The third-order valence-corrected chi connectivity index (χ3v) is 2.96. The second-order valence-corrected chi connectivity index (χ2v) is 4.88. The largest absolute Gasteiger partial charge is 0.492 e. The number of benzene rings is 1. The van der Waals surface area contributed by atoms with E-state index in [1.165, 1.54) is 0 Å². The van der Waals surface area contributed by atoms with Crippen molar-refractivity contribution in [3.05, 3.63) is 46.7 Å². The van der Waals surface area contributed by atoms with Crippen LogP contribution in [0, 0.1) is 0 Å². The molecule has 0 bridgehead atoms. The minimum Gasteiger partial charge on any atom is -0.492 e. The van der Waals surface area contributed by atoms with Gasteiger partial charge in [0, 0.05) is 30.8 Å². The second kappa shape index (κ2) is 6.56. The van der Waals surface area contributed by atoms with Crippen molar-refractivity contribution in [2.75, 3.05) is 13.2 Å². The number of aryl methyl sites for hydroxylation is 1. The summed E-state index contributed by atoms with van der Waals surface area (Å²) in [4.78, 5) is 0. The summed E-state index contributed by atoms with van der Waals surface area (Å²) in [6.45, 7) is 2.21. The monoisotopic (exact) mass is 309 g/mol. The maximum absolute atomic E-state index is 5.60. The van der Waals surface area contributed by atoms with Gasteiger partial charge in [-0.15, -0.1) is 0 Å². The zero-order valence-electron chi connectivity index (χ0n) is 10.3. The molecule has 0 saturated heterocycles. The quantitative estimate of drug-likeness (QED) is 0.833. The Balaban J connectivity index is 1.63. The average molecular weight is 310 g/mol. The molecule has 0 fully saturated rings. The van der Waals surface area contributed by atoms with Gasteiger partial charge in [-0.05, 0) is 30.3 Å². The molecule has 0 amide bonds. The lowest BCUT2D eigenvalue weighted by Crippen LogP contribution is -2.20. The predicted molar refractivity (Wildman–Crippen MR) is 74.6 cm³/mol. The molecule has 0 radical (unpaired) electrons. The Morgan fingerprint density at radius 2 is 2.06 bits per heavy atom. The molecule has 2 aromatic rings. The molecule has 1 aromatic heterocycles. The van der Waals surface area contributed by atoms with Crippen LogP contribution in [0.4, 0.5) is 0 Å². The van der Waals surface area contributed by atoms with E-state index >= 15 is 0 Å². The van der Waals surface area contributed by atoms with Gasteiger partial charge in [0.25, 0.3) is 0 Å². The number of halogens is 1. The lowest BCUT2D eigenvalue weighted by molar-refractivity contribution is 0.313. The van der Waals surface area contributed by atoms with Crippen LogP contribution in [0.2, 0.25) is 0 Å². The van der Waals surface area contributed by atoms with Crippen LogP contribution in [0.3, 0.4) is 0 Å². The fourth-order valence-electron chi connectivity index (χ4n) is 1.55. The second-order valence-electron chi connectivity index (χ2n) is 3.96. The van der Waals surface area contributed by atoms with Gasteiger partial charge in [0.1, 0.15) is 12.4 Å². The molecule has 4 nitrogen and oxygen atoms in total. The Hall–Kier alpha value is -1.33. The lowest BCUT2D eigenvalue weighted by Gasteiger charge is -2.06. The SMILES string of the molecule is Cn1ccc(CNCCOc2ccc(Br)cc2)n1. The predicted octanol–water partition coefficient (Wildman–Crippen LogP) is 2.35. The minimum absolute atomic E-state index is 0.647. The van der Waals surface area contributed by atoms with Crippen LogP contribution in [0.15, 0.2) is 41.0 Å². The van der Waals surface area contributed by atoms with E-state index in [1.807, 2.05) is 43.6 Å². The number of hydrogen-bond donors (Lipinski definition) is 1. The molecule has 1 heterocycles. The first-order chi connectivity index (χ1) is 8.74. The van der Waals surface area contributed by atoms with Crippen LogP contribution in [0.5, 0.6) is 5.75 Å². The summed E-state index contributed by atoms with van der Waals surface area (Å²) in [5, 5.41) is 7.57. The first kappa shape index (κ1) is 13.1. The van der Waals surface area contributed by atoms with Crippen LogP contribution in [0.25, 0.3) is 0 Å². The van der Waals surface area contributed by atoms with E-state index in [-0.39, 0.29) is 0 Å². The summed E-state index contributed by atoms with van der Waals surface area (Å²) in [5.41, 5.74) is 1.04. The third-order valence-electron chi connectivity index (χ3n) is 2.44. The zero-order valence-corrected chi connectivity index (χ0v) is 11.9. The van der Waals surface area contributed by atoms with E-state index in [9.17, 15) is 0 Å². The summed E-state index contributed by atoms with van der Waals surface area (Å²) >= 11 is 3.39. The molecule has 18 heavy (non-hydrogen) atoms.